The van der Waals surface area contributed by atoms with Crippen LogP contribution in [0.1, 0.15) is 17.8 Å². The van der Waals surface area contributed by atoms with Crippen LogP contribution in [0.2, 0.25) is 0 Å². The third-order valence-electron chi connectivity index (χ3n) is 3.49. The summed E-state index contributed by atoms with van der Waals surface area (Å²) in [5.74, 6) is 1.65. The molecule has 3 atom stereocenters. The maximum Gasteiger partial charge on any atom is 0.445 e. The molecule has 0 radical (unpaired) electrons. The SMILES string of the molecule is FC(F)(F)c1nnc(NCC2CC3CC3CN2)s1. The van der Waals surface area contributed by atoms with Gasteiger partial charge in [-0.1, -0.05) is 11.3 Å². The lowest BCUT2D eigenvalue weighted by Crippen LogP contribution is -2.40. The summed E-state index contributed by atoms with van der Waals surface area (Å²) >= 11 is 0.553. The first kappa shape index (κ1) is 12.2. The summed E-state index contributed by atoms with van der Waals surface area (Å²) in [4.78, 5) is 0. The molecule has 2 fully saturated rings. The Bertz CT molecular complexity index is 433. The summed E-state index contributed by atoms with van der Waals surface area (Å²) in [6.07, 6.45) is -2.01. The van der Waals surface area contributed by atoms with E-state index in [1.165, 1.54) is 6.42 Å². The van der Waals surface area contributed by atoms with Gasteiger partial charge >= 0.3 is 6.18 Å². The average Bonchev–Trinajstić information content (AvgIpc) is 2.90. The van der Waals surface area contributed by atoms with Crippen molar-refractivity contribution >= 4 is 16.5 Å². The molecule has 1 aliphatic carbocycles. The van der Waals surface area contributed by atoms with Crippen LogP contribution < -0.4 is 10.6 Å². The minimum absolute atomic E-state index is 0.238. The maximum absolute atomic E-state index is 12.3. The highest BCUT2D eigenvalue weighted by Crippen LogP contribution is 2.44. The van der Waals surface area contributed by atoms with Crippen molar-refractivity contribution in [3.8, 4) is 0 Å². The number of nitrogens with one attached hydrogen (secondary N) is 2. The van der Waals surface area contributed by atoms with Gasteiger partial charge in [0, 0.05) is 12.6 Å². The van der Waals surface area contributed by atoms with Gasteiger partial charge in [-0.3, -0.25) is 0 Å². The van der Waals surface area contributed by atoms with E-state index in [9.17, 15) is 13.2 Å². The van der Waals surface area contributed by atoms with E-state index in [-0.39, 0.29) is 5.13 Å². The van der Waals surface area contributed by atoms with Gasteiger partial charge in [0.1, 0.15) is 0 Å². The normalized spacial score (nSPS) is 30.9. The molecule has 4 nitrogen and oxygen atoms in total. The topological polar surface area (TPSA) is 49.8 Å². The number of fused-ring (bicyclic) bond motifs is 1. The molecule has 0 bridgehead atoms. The Hall–Kier alpha value is -0.890. The van der Waals surface area contributed by atoms with E-state index in [1.54, 1.807) is 0 Å². The molecule has 3 rings (SSSR count). The van der Waals surface area contributed by atoms with Crippen LogP contribution in [0.15, 0.2) is 0 Å². The summed E-state index contributed by atoms with van der Waals surface area (Å²) in [5, 5.41) is 12.3. The zero-order valence-corrected chi connectivity index (χ0v) is 10.3. The van der Waals surface area contributed by atoms with E-state index < -0.39 is 11.2 Å². The van der Waals surface area contributed by atoms with Gasteiger partial charge in [0.15, 0.2) is 0 Å². The summed E-state index contributed by atoms with van der Waals surface area (Å²) < 4.78 is 37.0. The van der Waals surface area contributed by atoms with Crippen LogP contribution in [0.5, 0.6) is 0 Å². The van der Waals surface area contributed by atoms with Crippen molar-refractivity contribution in [3.05, 3.63) is 5.01 Å². The fourth-order valence-corrected chi connectivity index (χ4v) is 3.01. The van der Waals surface area contributed by atoms with Crippen molar-refractivity contribution < 1.29 is 13.2 Å². The van der Waals surface area contributed by atoms with Crippen LogP contribution in [0.3, 0.4) is 0 Å². The molecule has 18 heavy (non-hydrogen) atoms. The quantitative estimate of drug-likeness (QED) is 0.887. The van der Waals surface area contributed by atoms with Gasteiger partial charge in [0.05, 0.1) is 0 Å². The van der Waals surface area contributed by atoms with Crippen molar-refractivity contribution in [2.24, 2.45) is 11.8 Å². The van der Waals surface area contributed by atoms with Gasteiger partial charge in [-0.25, -0.2) is 0 Å². The van der Waals surface area contributed by atoms with Gasteiger partial charge in [0.25, 0.3) is 0 Å². The summed E-state index contributed by atoms with van der Waals surface area (Å²) in [6.45, 7) is 1.64. The van der Waals surface area contributed by atoms with Crippen molar-refractivity contribution in [2.45, 2.75) is 25.1 Å². The molecule has 0 aromatic carbocycles. The number of aromatic nitrogens is 2. The van der Waals surface area contributed by atoms with E-state index in [1.807, 2.05) is 0 Å². The number of nitrogens with zero attached hydrogens (tertiary/aromatic N) is 2. The third-order valence-corrected chi connectivity index (χ3v) is 4.42. The lowest BCUT2D eigenvalue weighted by atomic mass is 10.1. The van der Waals surface area contributed by atoms with Crippen LogP contribution >= 0.6 is 11.3 Å². The molecule has 0 amide bonds. The first-order valence-electron chi connectivity index (χ1n) is 5.90. The standard InChI is InChI=1S/C10H13F3N4S/c11-10(12,13)8-16-17-9(18-8)15-4-7-2-5-1-6(5)3-14-7/h5-7,14H,1-4H2,(H,15,17). The lowest BCUT2D eigenvalue weighted by molar-refractivity contribution is -0.138. The van der Waals surface area contributed by atoms with Gasteiger partial charge < -0.3 is 10.6 Å². The van der Waals surface area contributed by atoms with Gasteiger partial charge in [-0.05, 0) is 31.2 Å². The van der Waals surface area contributed by atoms with E-state index in [2.05, 4.69) is 20.8 Å². The number of hydrogen-bond donors (Lipinski definition) is 2. The highest BCUT2D eigenvalue weighted by Gasteiger charge is 2.41. The third kappa shape index (κ3) is 2.59. The second kappa shape index (κ2) is 4.34. The van der Waals surface area contributed by atoms with Crippen LogP contribution in [0, 0.1) is 11.8 Å². The lowest BCUT2D eigenvalue weighted by Gasteiger charge is -2.22. The Balaban J connectivity index is 1.52. The summed E-state index contributed by atoms with van der Waals surface area (Å²) in [7, 11) is 0. The molecule has 3 unspecified atom stereocenters. The predicted octanol–water partition coefficient (Wildman–Crippen LogP) is 1.97. The molecule has 2 aliphatic rings. The molecule has 1 aliphatic heterocycles. The van der Waals surface area contributed by atoms with Crippen molar-refractivity contribution in [3.63, 3.8) is 0 Å². The van der Waals surface area contributed by atoms with Crippen LogP contribution in [0.25, 0.3) is 0 Å². The number of halogens is 3. The Kier molecular flexibility index (Phi) is 2.93. The van der Waals surface area contributed by atoms with E-state index in [0.717, 1.165) is 24.8 Å². The number of rotatable bonds is 3. The van der Waals surface area contributed by atoms with E-state index in [0.29, 0.717) is 23.9 Å². The van der Waals surface area contributed by atoms with Crippen LogP contribution in [-0.2, 0) is 6.18 Å². The molecule has 2 N–H and O–H groups in total. The second-order valence-corrected chi connectivity index (χ2v) is 5.87. The van der Waals surface area contributed by atoms with Gasteiger partial charge in [-0.2, -0.15) is 13.2 Å². The molecule has 8 heteroatoms. The number of piperidine rings is 1. The Morgan fingerprint density at radius 2 is 2.11 bits per heavy atom. The Morgan fingerprint density at radius 1 is 1.28 bits per heavy atom. The number of alkyl halides is 3. The smallest absolute Gasteiger partial charge is 0.359 e. The Labute approximate surface area is 106 Å². The van der Waals surface area contributed by atoms with Gasteiger partial charge in [-0.15, -0.1) is 10.2 Å². The number of hydrogen-bond acceptors (Lipinski definition) is 5. The molecule has 1 saturated heterocycles. The molecule has 1 aromatic heterocycles. The molecule has 1 saturated carbocycles. The highest BCUT2D eigenvalue weighted by atomic mass is 32.1. The zero-order chi connectivity index (χ0) is 12.8. The van der Waals surface area contributed by atoms with Gasteiger partial charge in [0.2, 0.25) is 10.1 Å². The summed E-state index contributed by atoms with van der Waals surface area (Å²) in [5.41, 5.74) is 0. The average molecular weight is 278 g/mol. The molecule has 100 valence electrons. The minimum Gasteiger partial charge on any atom is -0.359 e. The van der Waals surface area contributed by atoms with Crippen LogP contribution in [-0.4, -0.2) is 29.3 Å². The fourth-order valence-electron chi connectivity index (χ4n) is 2.39. The van der Waals surface area contributed by atoms with Crippen molar-refractivity contribution in [2.75, 3.05) is 18.4 Å². The van der Waals surface area contributed by atoms with E-state index in [4.69, 9.17) is 0 Å². The second-order valence-electron chi connectivity index (χ2n) is 4.89. The highest BCUT2D eigenvalue weighted by molar-refractivity contribution is 7.15. The molecular weight excluding hydrogens is 265 g/mol. The first-order chi connectivity index (χ1) is 8.52. The van der Waals surface area contributed by atoms with Crippen molar-refractivity contribution in [1.29, 1.82) is 0 Å². The fraction of sp³-hybridized carbons (Fsp3) is 0.800. The van der Waals surface area contributed by atoms with Crippen molar-refractivity contribution in [1.82, 2.24) is 15.5 Å². The largest absolute Gasteiger partial charge is 0.445 e. The minimum atomic E-state index is -4.40. The Morgan fingerprint density at radius 3 is 2.78 bits per heavy atom. The first-order valence-corrected chi connectivity index (χ1v) is 6.72. The molecule has 1 aromatic rings. The number of anilines is 1. The molecular formula is C10H13F3N4S. The molecule has 2 heterocycles. The van der Waals surface area contributed by atoms with E-state index >= 15 is 0 Å². The predicted molar refractivity (Wildman–Crippen MR) is 61.4 cm³/mol. The maximum atomic E-state index is 12.3. The van der Waals surface area contributed by atoms with Crippen LogP contribution in [0.4, 0.5) is 18.3 Å². The summed E-state index contributed by atoms with van der Waals surface area (Å²) in [6, 6.07) is 0.326. The molecule has 0 spiro atoms. The monoisotopic (exact) mass is 278 g/mol. The zero-order valence-electron chi connectivity index (χ0n) is 9.50.